The van der Waals surface area contributed by atoms with E-state index in [1.54, 1.807) is 6.33 Å². The number of rotatable bonds is 2. The molecule has 0 unspecified atom stereocenters. The van der Waals surface area contributed by atoms with E-state index < -0.39 is 0 Å². The Labute approximate surface area is 116 Å². The number of hydrogen-bond acceptors (Lipinski definition) is 4. The molecule has 0 aliphatic carbocycles. The number of piperazine rings is 1. The first kappa shape index (κ1) is 11.5. The van der Waals surface area contributed by atoms with Gasteiger partial charge in [-0.25, -0.2) is 9.97 Å². The largest absolute Gasteiger partial charge is 0.345 e. The number of nitrogens with zero attached hydrogens (tertiary/aromatic N) is 3. The van der Waals surface area contributed by atoms with Crippen LogP contribution in [0, 0.1) is 0 Å². The number of aromatic nitrogens is 4. The number of aromatic amines is 2. The molecule has 20 heavy (non-hydrogen) atoms. The van der Waals surface area contributed by atoms with Crippen LogP contribution in [0.2, 0.25) is 0 Å². The molecule has 0 atom stereocenters. The molecule has 102 valence electrons. The van der Waals surface area contributed by atoms with Crippen LogP contribution < -0.4 is 10.2 Å². The molecule has 3 aromatic rings. The van der Waals surface area contributed by atoms with E-state index >= 15 is 0 Å². The van der Waals surface area contributed by atoms with Crippen LogP contribution in [0.4, 0.5) is 5.95 Å². The predicted molar refractivity (Wildman–Crippen MR) is 78.8 cm³/mol. The van der Waals surface area contributed by atoms with E-state index in [0.717, 1.165) is 54.4 Å². The summed E-state index contributed by atoms with van der Waals surface area (Å²) in [5, 5.41) is 3.35. The van der Waals surface area contributed by atoms with Crippen molar-refractivity contribution in [3.63, 3.8) is 0 Å². The molecule has 1 aliphatic rings. The lowest BCUT2D eigenvalue weighted by atomic mass is 10.1. The van der Waals surface area contributed by atoms with Gasteiger partial charge in [0.2, 0.25) is 5.95 Å². The molecule has 6 nitrogen and oxygen atoms in total. The van der Waals surface area contributed by atoms with Crippen LogP contribution in [0.25, 0.3) is 22.3 Å². The number of benzene rings is 1. The van der Waals surface area contributed by atoms with Crippen LogP contribution >= 0.6 is 0 Å². The summed E-state index contributed by atoms with van der Waals surface area (Å²) in [5.74, 6) is 0.950. The lowest BCUT2D eigenvalue weighted by Gasteiger charge is -2.26. The minimum Gasteiger partial charge on any atom is -0.345 e. The fourth-order valence-electron chi connectivity index (χ4n) is 2.60. The number of imidazole rings is 2. The van der Waals surface area contributed by atoms with Crippen LogP contribution in [-0.4, -0.2) is 46.1 Å². The molecule has 1 aromatic carbocycles. The molecule has 2 aromatic heterocycles. The van der Waals surface area contributed by atoms with Gasteiger partial charge in [0, 0.05) is 31.7 Å². The Kier molecular flexibility index (Phi) is 2.67. The average Bonchev–Trinajstić information content (AvgIpc) is 3.16. The first-order valence-electron chi connectivity index (χ1n) is 6.84. The van der Waals surface area contributed by atoms with Gasteiger partial charge in [0.25, 0.3) is 0 Å². The van der Waals surface area contributed by atoms with Crippen molar-refractivity contribution in [2.75, 3.05) is 31.1 Å². The first-order chi connectivity index (χ1) is 9.90. The van der Waals surface area contributed by atoms with Gasteiger partial charge in [0.15, 0.2) is 0 Å². The number of anilines is 1. The van der Waals surface area contributed by atoms with Gasteiger partial charge in [-0.1, -0.05) is 6.07 Å². The molecule has 1 aliphatic heterocycles. The third kappa shape index (κ3) is 1.94. The Morgan fingerprint density at radius 2 is 2.00 bits per heavy atom. The van der Waals surface area contributed by atoms with Gasteiger partial charge in [-0.3, -0.25) is 0 Å². The zero-order valence-electron chi connectivity index (χ0n) is 11.1. The van der Waals surface area contributed by atoms with Crippen molar-refractivity contribution in [3.05, 3.63) is 30.7 Å². The zero-order chi connectivity index (χ0) is 13.4. The van der Waals surface area contributed by atoms with Crippen LogP contribution in [0.3, 0.4) is 0 Å². The molecule has 3 N–H and O–H groups in total. The van der Waals surface area contributed by atoms with Crippen LogP contribution in [0.1, 0.15) is 0 Å². The smallest absolute Gasteiger partial charge is 0.203 e. The fourth-order valence-corrected chi connectivity index (χ4v) is 2.60. The van der Waals surface area contributed by atoms with E-state index in [0.29, 0.717) is 0 Å². The molecule has 1 fully saturated rings. The summed E-state index contributed by atoms with van der Waals surface area (Å²) >= 11 is 0. The minimum atomic E-state index is 0.950. The second-order valence-corrected chi connectivity index (χ2v) is 4.99. The van der Waals surface area contributed by atoms with Crippen molar-refractivity contribution >= 4 is 17.0 Å². The normalized spacial score (nSPS) is 15.9. The Balaban J connectivity index is 1.66. The number of fused-ring (bicyclic) bond motifs is 1. The minimum absolute atomic E-state index is 0.950. The maximum Gasteiger partial charge on any atom is 0.203 e. The highest BCUT2D eigenvalue weighted by molar-refractivity contribution is 5.80. The highest BCUT2D eigenvalue weighted by Gasteiger charge is 2.14. The highest BCUT2D eigenvalue weighted by atomic mass is 15.3. The van der Waals surface area contributed by atoms with E-state index in [2.05, 4.69) is 42.3 Å². The third-order valence-corrected chi connectivity index (χ3v) is 3.71. The van der Waals surface area contributed by atoms with Gasteiger partial charge in [-0.2, -0.15) is 0 Å². The van der Waals surface area contributed by atoms with Crippen molar-refractivity contribution in [2.45, 2.75) is 0 Å². The standard InChI is InChI=1S/C14H16N6/c1-2-11-12(18-9-17-11)7-10(1)13-8-16-14(19-13)20-5-3-15-4-6-20/h1-2,7-9,15H,3-6H2,(H,16,19)(H,17,18). The van der Waals surface area contributed by atoms with Gasteiger partial charge in [0.05, 0.1) is 29.3 Å². The maximum absolute atomic E-state index is 4.50. The molecular formula is C14H16N6. The third-order valence-electron chi connectivity index (χ3n) is 3.71. The van der Waals surface area contributed by atoms with Gasteiger partial charge in [-0.15, -0.1) is 0 Å². The Bertz CT molecular complexity index is 722. The maximum atomic E-state index is 4.50. The van der Waals surface area contributed by atoms with Gasteiger partial charge >= 0.3 is 0 Å². The monoisotopic (exact) mass is 268 g/mol. The molecule has 4 rings (SSSR count). The van der Waals surface area contributed by atoms with Gasteiger partial charge in [-0.05, 0) is 12.1 Å². The lowest BCUT2D eigenvalue weighted by molar-refractivity contribution is 0.581. The molecular weight excluding hydrogens is 252 g/mol. The highest BCUT2D eigenvalue weighted by Crippen LogP contribution is 2.23. The summed E-state index contributed by atoms with van der Waals surface area (Å²) in [5.41, 5.74) is 4.18. The molecule has 1 saturated heterocycles. The van der Waals surface area contributed by atoms with E-state index in [-0.39, 0.29) is 0 Å². The predicted octanol–water partition coefficient (Wildman–Crippen LogP) is 1.36. The number of hydrogen-bond donors (Lipinski definition) is 3. The number of H-pyrrole nitrogens is 2. The molecule has 0 amide bonds. The summed E-state index contributed by atoms with van der Waals surface area (Å²) in [6.07, 6.45) is 3.61. The van der Waals surface area contributed by atoms with E-state index in [4.69, 9.17) is 0 Å². The van der Waals surface area contributed by atoms with E-state index in [1.165, 1.54) is 0 Å². The summed E-state index contributed by atoms with van der Waals surface area (Å²) in [6.45, 7) is 4.01. The van der Waals surface area contributed by atoms with E-state index in [1.807, 2.05) is 12.3 Å². The second kappa shape index (κ2) is 4.64. The topological polar surface area (TPSA) is 72.6 Å². The van der Waals surface area contributed by atoms with Crippen molar-refractivity contribution < 1.29 is 0 Å². The lowest BCUT2D eigenvalue weighted by Crippen LogP contribution is -2.44. The first-order valence-corrected chi connectivity index (χ1v) is 6.84. The fraction of sp³-hybridized carbons (Fsp3) is 0.286. The molecule has 0 spiro atoms. The van der Waals surface area contributed by atoms with Crippen LogP contribution in [-0.2, 0) is 0 Å². The second-order valence-electron chi connectivity index (χ2n) is 4.99. The van der Waals surface area contributed by atoms with Gasteiger partial charge < -0.3 is 20.2 Å². The van der Waals surface area contributed by atoms with Crippen LogP contribution in [0.15, 0.2) is 30.7 Å². The van der Waals surface area contributed by atoms with Crippen molar-refractivity contribution in [1.29, 1.82) is 0 Å². The molecule has 0 saturated carbocycles. The van der Waals surface area contributed by atoms with Crippen LogP contribution in [0.5, 0.6) is 0 Å². The summed E-state index contributed by atoms with van der Waals surface area (Å²) in [6, 6.07) is 6.18. The Morgan fingerprint density at radius 1 is 1.10 bits per heavy atom. The summed E-state index contributed by atoms with van der Waals surface area (Å²) in [4.78, 5) is 17.6. The van der Waals surface area contributed by atoms with Gasteiger partial charge in [0.1, 0.15) is 0 Å². The van der Waals surface area contributed by atoms with E-state index in [9.17, 15) is 0 Å². The van der Waals surface area contributed by atoms with Crippen molar-refractivity contribution in [1.82, 2.24) is 25.3 Å². The quantitative estimate of drug-likeness (QED) is 0.656. The number of nitrogens with one attached hydrogen (secondary N) is 3. The molecule has 6 heteroatoms. The molecule has 0 radical (unpaired) electrons. The Hall–Kier alpha value is -2.34. The average molecular weight is 268 g/mol. The summed E-state index contributed by atoms with van der Waals surface area (Å²) < 4.78 is 0. The van der Waals surface area contributed by atoms with Crippen molar-refractivity contribution in [3.8, 4) is 11.3 Å². The molecule has 3 heterocycles. The summed E-state index contributed by atoms with van der Waals surface area (Å²) in [7, 11) is 0. The zero-order valence-corrected chi connectivity index (χ0v) is 11.1. The van der Waals surface area contributed by atoms with Crippen molar-refractivity contribution in [2.24, 2.45) is 0 Å². The SMILES string of the molecule is c1nc2ccc(-c3cnc(N4CCNCC4)[nH]3)cc2[nH]1. The Morgan fingerprint density at radius 3 is 2.90 bits per heavy atom. The molecule has 0 bridgehead atoms.